The molecule has 22 heavy (non-hydrogen) atoms. The van der Waals surface area contributed by atoms with Crippen molar-refractivity contribution in [3.8, 4) is 0 Å². The molecule has 1 aromatic carbocycles. The minimum atomic E-state index is 0.310. The number of piperazine rings is 1. The SMILES string of the molecule is c1ccc(CCN2CCN(CCC3COCCO3)CC2)cc1. The molecule has 122 valence electrons. The molecule has 1 atom stereocenters. The van der Waals surface area contributed by atoms with E-state index in [1.54, 1.807) is 0 Å². The Morgan fingerprint density at radius 1 is 0.909 bits per heavy atom. The van der Waals surface area contributed by atoms with E-state index < -0.39 is 0 Å². The van der Waals surface area contributed by atoms with Gasteiger partial charge in [0.25, 0.3) is 0 Å². The van der Waals surface area contributed by atoms with E-state index in [9.17, 15) is 0 Å². The molecule has 0 aliphatic carbocycles. The van der Waals surface area contributed by atoms with Crippen molar-refractivity contribution >= 4 is 0 Å². The standard InChI is InChI=1S/C18H28N2O2/c1-2-4-17(5-3-1)6-8-19-10-12-20(13-11-19)9-7-18-16-21-14-15-22-18/h1-5,18H,6-16H2. The Hall–Kier alpha value is -0.940. The summed E-state index contributed by atoms with van der Waals surface area (Å²) in [4.78, 5) is 5.15. The summed E-state index contributed by atoms with van der Waals surface area (Å²) in [5, 5.41) is 0. The van der Waals surface area contributed by atoms with E-state index in [4.69, 9.17) is 9.47 Å². The fourth-order valence-corrected chi connectivity index (χ4v) is 3.20. The van der Waals surface area contributed by atoms with Crippen molar-refractivity contribution in [2.45, 2.75) is 18.9 Å². The van der Waals surface area contributed by atoms with Crippen LogP contribution in [0.25, 0.3) is 0 Å². The lowest BCUT2D eigenvalue weighted by Gasteiger charge is -2.35. The molecule has 0 radical (unpaired) electrons. The number of rotatable bonds is 6. The van der Waals surface area contributed by atoms with Gasteiger partial charge in [-0.1, -0.05) is 30.3 Å². The average Bonchev–Trinajstić information content (AvgIpc) is 2.61. The van der Waals surface area contributed by atoms with Crippen molar-refractivity contribution in [1.29, 1.82) is 0 Å². The second-order valence-corrected chi connectivity index (χ2v) is 6.28. The monoisotopic (exact) mass is 304 g/mol. The van der Waals surface area contributed by atoms with Gasteiger partial charge in [0, 0.05) is 39.3 Å². The lowest BCUT2D eigenvalue weighted by Crippen LogP contribution is -2.47. The molecule has 2 aliphatic heterocycles. The highest BCUT2D eigenvalue weighted by molar-refractivity contribution is 5.14. The third kappa shape index (κ3) is 5.06. The van der Waals surface area contributed by atoms with Crippen LogP contribution in [0.2, 0.25) is 0 Å². The summed E-state index contributed by atoms with van der Waals surface area (Å²) in [5.41, 5.74) is 1.44. The molecule has 2 fully saturated rings. The van der Waals surface area contributed by atoms with E-state index in [0.29, 0.717) is 6.10 Å². The van der Waals surface area contributed by atoms with Gasteiger partial charge in [-0.3, -0.25) is 0 Å². The van der Waals surface area contributed by atoms with Gasteiger partial charge in [0.15, 0.2) is 0 Å². The van der Waals surface area contributed by atoms with Crippen molar-refractivity contribution in [1.82, 2.24) is 9.80 Å². The molecular formula is C18H28N2O2. The van der Waals surface area contributed by atoms with Gasteiger partial charge in [-0.05, 0) is 18.4 Å². The smallest absolute Gasteiger partial charge is 0.0821 e. The molecule has 4 heteroatoms. The van der Waals surface area contributed by atoms with Crippen LogP contribution in [0.1, 0.15) is 12.0 Å². The molecule has 0 spiro atoms. The van der Waals surface area contributed by atoms with E-state index in [0.717, 1.165) is 39.2 Å². The summed E-state index contributed by atoms with van der Waals surface area (Å²) >= 11 is 0. The number of hydrogen-bond acceptors (Lipinski definition) is 4. The molecule has 0 amide bonds. The Kier molecular flexibility index (Phi) is 6.25. The Balaban J connectivity index is 1.30. The zero-order valence-electron chi connectivity index (χ0n) is 13.5. The van der Waals surface area contributed by atoms with Crippen LogP contribution < -0.4 is 0 Å². The molecule has 0 N–H and O–H groups in total. The van der Waals surface area contributed by atoms with Gasteiger partial charge in [-0.15, -0.1) is 0 Å². The number of benzene rings is 1. The first-order valence-electron chi connectivity index (χ1n) is 8.58. The van der Waals surface area contributed by atoms with Crippen LogP contribution in [0.5, 0.6) is 0 Å². The van der Waals surface area contributed by atoms with Gasteiger partial charge in [-0.2, -0.15) is 0 Å². The summed E-state index contributed by atoms with van der Waals surface area (Å²) in [6, 6.07) is 10.8. The summed E-state index contributed by atoms with van der Waals surface area (Å²) in [5.74, 6) is 0. The van der Waals surface area contributed by atoms with E-state index >= 15 is 0 Å². The Morgan fingerprint density at radius 2 is 1.64 bits per heavy atom. The normalized spacial score (nSPS) is 24.5. The molecule has 1 unspecified atom stereocenters. The van der Waals surface area contributed by atoms with Crippen molar-refractivity contribution in [3.63, 3.8) is 0 Å². The van der Waals surface area contributed by atoms with Crippen LogP contribution in [0.3, 0.4) is 0 Å². The lowest BCUT2D eigenvalue weighted by atomic mass is 10.1. The van der Waals surface area contributed by atoms with E-state index in [-0.39, 0.29) is 0 Å². The van der Waals surface area contributed by atoms with Crippen LogP contribution in [0.4, 0.5) is 0 Å². The topological polar surface area (TPSA) is 24.9 Å². The highest BCUT2D eigenvalue weighted by Gasteiger charge is 2.19. The van der Waals surface area contributed by atoms with E-state index in [1.807, 2.05) is 0 Å². The van der Waals surface area contributed by atoms with Crippen LogP contribution >= 0.6 is 0 Å². The molecule has 1 aromatic rings. The third-order valence-corrected chi connectivity index (χ3v) is 4.68. The zero-order valence-corrected chi connectivity index (χ0v) is 13.5. The molecule has 3 rings (SSSR count). The Bertz CT molecular complexity index is 412. The Morgan fingerprint density at radius 3 is 2.32 bits per heavy atom. The van der Waals surface area contributed by atoms with Gasteiger partial charge in [0.05, 0.1) is 25.9 Å². The average molecular weight is 304 g/mol. The molecule has 2 heterocycles. The maximum absolute atomic E-state index is 5.72. The molecule has 0 bridgehead atoms. The van der Waals surface area contributed by atoms with Gasteiger partial charge in [-0.25, -0.2) is 0 Å². The predicted octanol–water partition coefficient (Wildman–Crippen LogP) is 1.65. The van der Waals surface area contributed by atoms with Gasteiger partial charge >= 0.3 is 0 Å². The first kappa shape index (κ1) is 15.9. The van der Waals surface area contributed by atoms with E-state index in [2.05, 4.69) is 40.1 Å². The quantitative estimate of drug-likeness (QED) is 0.798. The van der Waals surface area contributed by atoms with Crippen molar-refractivity contribution in [2.75, 3.05) is 59.1 Å². The molecular weight excluding hydrogens is 276 g/mol. The third-order valence-electron chi connectivity index (χ3n) is 4.68. The fraction of sp³-hybridized carbons (Fsp3) is 0.667. The largest absolute Gasteiger partial charge is 0.376 e. The zero-order chi connectivity index (χ0) is 15.0. The summed E-state index contributed by atoms with van der Waals surface area (Å²) in [6.07, 6.45) is 2.57. The highest BCUT2D eigenvalue weighted by Crippen LogP contribution is 2.09. The Labute approximate surface area is 134 Å². The predicted molar refractivity (Wildman–Crippen MR) is 88.2 cm³/mol. The minimum absolute atomic E-state index is 0.310. The van der Waals surface area contributed by atoms with Crippen LogP contribution in [-0.4, -0.2) is 75.0 Å². The second-order valence-electron chi connectivity index (χ2n) is 6.28. The molecule has 2 saturated heterocycles. The summed E-state index contributed by atoms with van der Waals surface area (Å²) < 4.78 is 11.2. The van der Waals surface area contributed by atoms with Crippen molar-refractivity contribution in [3.05, 3.63) is 35.9 Å². The second kappa shape index (κ2) is 8.63. The van der Waals surface area contributed by atoms with E-state index in [1.165, 1.54) is 38.3 Å². The number of ether oxygens (including phenoxy) is 2. The maximum atomic E-state index is 5.72. The minimum Gasteiger partial charge on any atom is -0.376 e. The summed E-state index contributed by atoms with van der Waals surface area (Å²) in [6.45, 7) is 9.36. The van der Waals surface area contributed by atoms with Crippen molar-refractivity contribution < 1.29 is 9.47 Å². The van der Waals surface area contributed by atoms with Gasteiger partial charge in [0.1, 0.15) is 0 Å². The van der Waals surface area contributed by atoms with Crippen LogP contribution in [0, 0.1) is 0 Å². The molecule has 2 aliphatic rings. The molecule has 0 saturated carbocycles. The number of hydrogen-bond donors (Lipinski definition) is 0. The first-order valence-corrected chi connectivity index (χ1v) is 8.58. The molecule has 4 nitrogen and oxygen atoms in total. The summed E-state index contributed by atoms with van der Waals surface area (Å²) in [7, 11) is 0. The first-order chi connectivity index (χ1) is 10.9. The lowest BCUT2D eigenvalue weighted by molar-refractivity contribution is -0.0932. The van der Waals surface area contributed by atoms with Crippen LogP contribution in [0.15, 0.2) is 30.3 Å². The molecule has 0 aromatic heterocycles. The number of nitrogens with zero attached hydrogens (tertiary/aromatic N) is 2. The van der Waals surface area contributed by atoms with Gasteiger partial charge < -0.3 is 19.3 Å². The van der Waals surface area contributed by atoms with Gasteiger partial charge in [0.2, 0.25) is 0 Å². The van der Waals surface area contributed by atoms with Crippen LogP contribution in [-0.2, 0) is 15.9 Å². The van der Waals surface area contributed by atoms with Crippen molar-refractivity contribution in [2.24, 2.45) is 0 Å². The highest BCUT2D eigenvalue weighted by atomic mass is 16.6. The maximum Gasteiger partial charge on any atom is 0.0821 e. The fourth-order valence-electron chi connectivity index (χ4n) is 3.20.